The maximum absolute atomic E-state index is 10.7. The van der Waals surface area contributed by atoms with Gasteiger partial charge in [0.25, 0.3) is 0 Å². The van der Waals surface area contributed by atoms with Crippen LogP contribution in [-0.4, -0.2) is 50.6 Å². The molecule has 0 radical (unpaired) electrons. The molecule has 0 unspecified atom stereocenters. The molecule has 28 heavy (non-hydrogen) atoms. The molecule has 4 rings (SSSR count). The van der Waals surface area contributed by atoms with Crippen LogP contribution < -0.4 is 0 Å². The Hall–Kier alpha value is -1.85. The van der Waals surface area contributed by atoms with Crippen molar-refractivity contribution in [2.45, 2.75) is 41.5 Å². The standard InChI is InChI=1S/C22H22O5S/c1-2-13-3-5-14(6-4-13)9-15-7-8-16-12-27-22(17(16)10-15)21(26)20(25)19(24)18(11-23)28-22/h1,3-8,10,18-21,23-26H,9,11-12H2/t18-,19-,20+,21-,22+/m1/s1. The summed E-state index contributed by atoms with van der Waals surface area (Å²) in [4.78, 5) is -1.20. The van der Waals surface area contributed by atoms with Gasteiger partial charge in [-0.25, -0.2) is 0 Å². The summed E-state index contributed by atoms with van der Waals surface area (Å²) in [5.41, 5.74) is 4.68. The fourth-order valence-corrected chi connectivity index (χ4v) is 5.43. The number of hydrogen-bond acceptors (Lipinski definition) is 6. The summed E-state index contributed by atoms with van der Waals surface area (Å²) in [5.74, 6) is 2.60. The topological polar surface area (TPSA) is 90.2 Å². The Kier molecular flexibility index (Phi) is 5.23. The molecular formula is C22H22O5S. The monoisotopic (exact) mass is 398 g/mol. The van der Waals surface area contributed by atoms with E-state index in [-0.39, 0.29) is 6.61 Å². The molecule has 5 nitrogen and oxygen atoms in total. The van der Waals surface area contributed by atoms with Gasteiger partial charge in [0.05, 0.1) is 24.6 Å². The minimum Gasteiger partial charge on any atom is -0.395 e. The minimum absolute atomic E-state index is 0.303. The first-order valence-corrected chi connectivity index (χ1v) is 10.0. The maximum Gasteiger partial charge on any atom is 0.168 e. The summed E-state index contributed by atoms with van der Waals surface area (Å²) in [5, 5.41) is 40.2. The summed E-state index contributed by atoms with van der Waals surface area (Å²) in [6.45, 7) is -0.0191. The highest BCUT2D eigenvalue weighted by atomic mass is 32.2. The number of hydrogen-bond donors (Lipinski definition) is 4. The molecule has 1 fully saturated rings. The highest BCUT2D eigenvalue weighted by Gasteiger charge is 2.57. The smallest absolute Gasteiger partial charge is 0.168 e. The van der Waals surface area contributed by atoms with Crippen molar-refractivity contribution in [3.8, 4) is 12.3 Å². The highest BCUT2D eigenvalue weighted by molar-refractivity contribution is 8.00. The van der Waals surface area contributed by atoms with Crippen LogP contribution in [0.2, 0.25) is 0 Å². The molecule has 1 spiro atoms. The second-order valence-electron chi connectivity index (χ2n) is 7.23. The first-order chi connectivity index (χ1) is 13.5. The van der Waals surface area contributed by atoms with Gasteiger partial charge >= 0.3 is 0 Å². The second-order valence-corrected chi connectivity index (χ2v) is 8.68. The van der Waals surface area contributed by atoms with Crippen LogP contribution in [0.15, 0.2) is 42.5 Å². The lowest BCUT2D eigenvalue weighted by atomic mass is 9.91. The maximum atomic E-state index is 10.7. The third-order valence-electron chi connectivity index (χ3n) is 5.47. The van der Waals surface area contributed by atoms with E-state index in [0.717, 1.165) is 27.8 Å². The summed E-state index contributed by atoms with van der Waals surface area (Å²) in [6.07, 6.45) is 2.16. The Bertz CT molecular complexity index is 904. The van der Waals surface area contributed by atoms with Crippen LogP contribution in [0.25, 0.3) is 0 Å². The fraction of sp³-hybridized carbons (Fsp3) is 0.364. The zero-order chi connectivity index (χ0) is 19.9. The van der Waals surface area contributed by atoms with Crippen LogP contribution in [0.5, 0.6) is 0 Å². The lowest BCUT2D eigenvalue weighted by Gasteiger charge is -2.45. The molecule has 146 valence electrons. The van der Waals surface area contributed by atoms with E-state index in [0.29, 0.717) is 13.0 Å². The van der Waals surface area contributed by atoms with Crippen molar-refractivity contribution in [1.29, 1.82) is 0 Å². The Morgan fingerprint density at radius 1 is 1.07 bits per heavy atom. The van der Waals surface area contributed by atoms with Gasteiger partial charge in [0.2, 0.25) is 0 Å². The summed E-state index contributed by atoms with van der Waals surface area (Å²) >= 11 is 1.17. The fourth-order valence-electron chi connectivity index (χ4n) is 3.88. The van der Waals surface area contributed by atoms with Crippen molar-refractivity contribution in [1.82, 2.24) is 0 Å². The first kappa shape index (κ1) is 19.5. The average molecular weight is 398 g/mol. The van der Waals surface area contributed by atoms with Gasteiger partial charge in [-0.3, -0.25) is 0 Å². The van der Waals surface area contributed by atoms with E-state index in [9.17, 15) is 20.4 Å². The molecule has 5 atom stereocenters. The average Bonchev–Trinajstić information content (AvgIpc) is 3.08. The predicted octanol–water partition coefficient (Wildman–Crippen LogP) is 1.13. The van der Waals surface area contributed by atoms with E-state index >= 15 is 0 Å². The Balaban J connectivity index is 1.67. The zero-order valence-electron chi connectivity index (χ0n) is 15.2. The Morgan fingerprint density at radius 3 is 2.46 bits per heavy atom. The summed E-state index contributed by atoms with van der Waals surface area (Å²) in [6, 6.07) is 13.7. The van der Waals surface area contributed by atoms with Gasteiger partial charge in [0, 0.05) is 11.1 Å². The largest absolute Gasteiger partial charge is 0.395 e. The van der Waals surface area contributed by atoms with Crippen LogP contribution in [0.4, 0.5) is 0 Å². The van der Waals surface area contributed by atoms with E-state index in [2.05, 4.69) is 5.92 Å². The SMILES string of the molecule is C#Cc1ccc(Cc2ccc3c(c2)[C@]2(OC3)S[C@H](CO)[C@@H](O)[C@H](O)[C@H]2O)cc1. The minimum atomic E-state index is -1.40. The quantitative estimate of drug-likeness (QED) is 0.580. The molecule has 2 heterocycles. The van der Waals surface area contributed by atoms with Crippen LogP contribution >= 0.6 is 11.8 Å². The third-order valence-corrected chi connectivity index (χ3v) is 7.13. The highest BCUT2D eigenvalue weighted by Crippen LogP contribution is 2.54. The van der Waals surface area contributed by atoms with Gasteiger partial charge in [-0.2, -0.15) is 0 Å². The molecule has 1 saturated heterocycles. The number of fused-ring (bicyclic) bond motifs is 2. The molecular weight excluding hydrogens is 376 g/mol. The number of benzene rings is 2. The van der Waals surface area contributed by atoms with Gasteiger partial charge in [0.15, 0.2) is 4.93 Å². The molecule has 6 heteroatoms. The second kappa shape index (κ2) is 7.53. The molecule has 4 N–H and O–H groups in total. The van der Waals surface area contributed by atoms with Gasteiger partial charge in [-0.05, 0) is 35.2 Å². The van der Waals surface area contributed by atoms with Crippen LogP contribution in [0.1, 0.15) is 27.8 Å². The predicted molar refractivity (Wildman–Crippen MR) is 107 cm³/mol. The van der Waals surface area contributed by atoms with E-state index in [1.165, 1.54) is 11.8 Å². The third kappa shape index (κ3) is 3.15. The van der Waals surface area contributed by atoms with Gasteiger partial charge in [-0.15, -0.1) is 18.2 Å². The van der Waals surface area contributed by atoms with E-state index in [4.69, 9.17) is 11.2 Å². The van der Waals surface area contributed by atoms with Crippen LogP contribution in [0, 0.1) is 12.3 Å². The number of thioether (sulfide) groups is 1. The van der Waals surface area contributed by atoms with Crippen molar-refractivity contribution in [3.05, 3.63) is 70.3 Å². The van der Waals surface area contributed by atoms with Crippen molar-refractivity contribution >= 4 is 11.8 Å². The normalized spacial score (nSPS) is 31.5. The summed E-state index contributed by atoms with van der Waals surface area (Å²) in [7, 11) is 0. The van der Waals surface area contributed by atoms with Crippen molar-refractivity contribution in [2.75, 3.05) is 6.61 Å². The van der Waals surface area contributed by atoms with Gasteiger partial charge in [0.1, 0.15) is 12.2 Å². The molecule has 0 aromatic heterocycles. The van der Waals surface area contributed by atoms with E-state index in [1.807, 2.05) is 42.5 Å². The number of aliphatic hydroxyl groups is 4. The molecule has 2 aromatic carbocycles. The lowest BCUT2D eigenvalue weighted by Crippen LogP contribution is -2.58. The van der Waals surface area contributed by atoms with Gasteiger partial charge < -0.3 is 25.2 Å². The van der Waals surface area contributed by atoms with Crippen molar-refractivity contribution in [2.24, 2.45) is 0 Å². The zero-order valence-corrected chi connectivity index (χ0v) is 16.0. The van der Waals surface area contributed by atoms with Crippen LogP contribution in [-0.2, 0) is 22.7 Å². The van der Waals surface area contributed by atoms with Crippen molar-refractivity contribution in [3.63, 3.8) is 0 Å². The molecule has 0 bridgehead atoms. The van der Waals surface area contributed by atoms with E-state index < -0.39 is 28.5 Å². The number of aliphatic hydroxyl groups excluding tert-OH is 4. The molecule has 0 aliphatic carbocycles. The molecule has 0 amide bonds. The van der Waals surface area contributed by atoms with Gasteiger partial charge in [-0.1, -0.05) is 36.3 Å². The number of rotatable bonds is 3. The Labute approximate surface area is 168 Å². The van der Waals surface area contributed by atoms with E-state index in [1.54, 1.807) is 0 Å². The molecule has 2 aliphatic rings. The first-order valence-electron chi connectivity index (χ1n) is 9.13. The molecule has 0 saturated carbocycles. The Morgan fingerprint density at radius 2 is 1.79 bits per heavy atom. The lowest BCUT2D eigenvalue weighted by molar-refractivity contribution is -0.147. The van der Waals surface area contributed by atoms with Crippen molar-refractivity contribution < 1.29 is 25.2 Å². The molecule has 2 aromatic rings. The van der Waals surface area contributed by atoms with Crippen LogP contribution in [0.3, 0.4) is 0 Å². The number of ether oxygens (including phenoxy) is 1. The number of terminal acetylenes is 1. The summed E-state index contributed by atoms with van der Waals surface area (Å²) < 4.78 is 5.96. The molecule has 2 aliphatic heterocycles.